The molecule has 12 nitrogen and oxygen atoms in total. The van der Waals surface area contributed by atoms with E-state index in [1.54, 1.807) is 29.2 Å². The minimum atomic E-state index is -0.600. The molecule has 0 atom stereocenters. The summed E-state index contributed by atoms with van der Waals surface area (Å²) in [6.45, 7) is 13.0. The zero-order valence-corrected chi connectivity index (χ0v) is 27.9. The molecule has 2 aromatic carbocycles. The predicted molar refractivity (Wildman–Crippen MR) is 179 cm³/mol. The average Bonchev–Trinajstić information content (AvgIpc) is 3.07. The Morgan fingerprint density at radius 3 is 2.27 bits per heavy atom. The highest BCUT2D eigenvalue weighted by Gasteiger charge is 2.30. The molecule has 1 amide bonds. The van der Waals surface area contributed by atoms with Gasteiger partial charge >= 0.3 is 5.97 Å². The van der Waals surface area contributed by atoms with Gasteiger partial charge in [0.15, 0.2) is 0 Å². The van der Waals surface area contributed by atoms with Gasteiger partial charge in [0.05, 0.1) is 17.8 Å². The van der Waals surface area contributed by atoms with E-state index in [2.05, 4.69) is 24.2 Å². The van der Waals surface area contributed by atoms with Crippen molar-refractivity contribution in [3.05, 3.63) is 59.2 Å². The van der Waals surface area contributed by atoms with Gasteiger partial charge in [-0.05, 0) is 56.8 Å². The summed E-state index contributed by atoms with van der Waals surface area (Å²) in [6.07, 6.45) is 1.96. The Hall–Kier alpha value is -3.97. The Bertz CT molecular complexity index is 1350. The highest BCUT2D eigenvalue weighted by atomic mass is 16.6. The molecule has 0 radical (unpaired) electrons. The fourth-order valence-electron chi connectivity index (χ4n) is 4.68. The van der Waals surface area contributed by atoms with Gasteiger partial charge in [-0.25, -0.2) is 14.8 Å². The Balaban J connectivity index is 0.00000133. The monoisotopic (exact) mass is 625 g/mol. The van der Waals surface area contributed by atoms with Crippen LogP contribution in [-0.4, -0.2) is 86.9 Å². The van der Waals surface area contributed by atoms with E-state index in [-0.39, 0.29) is 24.1 Å². The minimum Gasteiger partial charge on any atom is -0.477 e. The summed E-state index contributed by atoms with van der Waals surface area (Å²) in [5, 5.41) is 2.75. The number of amides is 1. The van der Waals surface area contributed by atoms with E-state index in [0.29, 0.717) is 61.7 Å². The van der Waals surface area contributed by atoms with Crippen molar-refractivity contribution in [3.63, 3.8) is 0 Å². The fraction of sp³-hybridized carbons (Fsp3) is 0.485. The number of anilines is 1. The molecule has 0 aliphatic carbocycles. The first-order chi connectivity index (χ1) is 21.8. The molecular formula is C33H51N7O5. The molecular weight excluding hydrogens is 574 g/mol. The number of carbonyl (C=O) groups is 2. The molecule has 5 N–H and O–H groups in total. The number of hydrogen-bond donors (Lipinski definition) is 3. The number of ether oxygens (including phenoxy) is 2. The van der Waals surface area contributed by atoms with Gasteiger partial charge in [0.1, 0.15) is 18.0 Å². The van der Waals surface area contributed by atoms with E-state index in [0.717, 1.165) is 17.5 Å². The van der Waals surface area contributed by atoms with E-state index in [4.69, 9.17) is 30.9 Å². The van der Waals surface area contributed by atoms with Crippen LogP contribution in [0.25, 0.3) is 10.9 Å². The molecule has 1 saturated heterocycles. The van der Waals surface area contributed by atoms with Gasteiger partial charge < -0.3 is 24.1 Å². The molecule has 12 heteroatoms. The Kier molecular flexibility index (Phi) is 16.1. The lowest BCUT2D eigenvalue weighted by molar-refractivity contribution is 0.0509. The van der Waals surface area contributed by atoms with Crippen molar-refractivity contribution in [1.82, 2.24) is 20.3 Å². The third-order valence-electron chi connectivity index (χ3n) is 6.88. The average molecular weight is 626 g/mol. The predicted octanol–water partition coefficient (Wildman–Crippen LogP) is 4.11. The number of rotatable bonds is 11. The summed E-state index contributed by atoms with van der Waals surface area (Å²) in [6, 6.07) is 12.6. The second kappa shape index (κ2) is 19.4. The standard InChI is InChI=1S/C28H37N7O5.C3H8.C2H6/c1-19-5-10-23-22(17-19)25(24(28(37)39-18-29)26(32-23)38-16-4-11-33(3)31-2)34-12-14-35(15-13-34)27(36)20-6-8-21(40-30)9-7-20;1-3-2;1-2/h5-10,17,31H,4,11-16,18,29-30H2,1-3H3;3H2,1-2H3;1-2H3. The van der Waals surface area contributed by atoms with Crippen molar-refractivity contribution in [2.24, 2.45) is 11.6 Å². The zero-order chi connectivity index (χ0) is 33.4. The van der Waals surface area contributed by atoms with Crippen molar-refractivity contribution in [2.45, 2.75) is 47.5 Å². The van der Waals surface area contributed by atoms with Crippen LogP contribution in [0.5, 0.6) is 11.6 Å². The largest absolute Gasteiger partial charge is 0.477 e. The maximum Gasteiger partial charge on any atom is 0.347 e. The van der Waals surface area contributed by atoms with Crippen molar-refractivity contribution in [1.29, 1.82) is 0 Å². The quantitative estimate of drug-likeness (QED) is 0.122. The first-order valence-electron chi connectivity index (χ1n) is 15.6. The van der Waals surface area contributed by atoms with Crippen LogP contribution < -0.4 is 31.5 Å². The summed E-state index contributed by atoms with van der Waals surface area (Å²) in [5.74, 6) is 5.19. The number of esters is 1. The second-order valence-corrected chi connectivity index (χ2v) is 10.2. The van der Waals surface area contributed by atoms with Crippen molar-refractivity contribution in [2.75, 3.05) is 65.1 Å². The molecule has 1 aliphatic rings. The summed E-state index contributed by atoms with van der Waals surface area (Å²) in [5.41, 5.74) is 11.8. The number of aryl methyl sites for hydroxylation is 1. The number of hydrogen-bond acceptors (Lipinski definition) is 11. The van der Waals surface area contributed by atoms with E-state index >= 15 is 0 Å². The van der Waals surface area contributed by atoms with Gasteiger partial charge in [-0.2, -0.15) is 5.90 Å². The van der Waals surface area contributed by atoms with Crippen LogP contribution >= 0.6 is 0 Å². The number of aromatic nitrogens is 1. The lowest BCUT2D eigenvalue weighted by Gasteiger charge is -2.37. The SMILES string of the molecule is CC.CCC.CNN(C)CCCOc1nc2ccc(C)cc2c(N2CCN(C(=O)c3ccc(ON)cc3)CC2)c1C(=O)OCN. The van der Waals surface area contributed by atoms with Crippen LogP contribution in [0, 0.1) is 6.92 Å². The number of benzene rings is 2. The van der Waals surface area contributed by atoms with E-state index in [9.17, 15) is 9.59 Å². The van der Waals surface area contributed by atoms with Crippen LogP contribution in [0.1, 0.15) is 66.8 Å². The maximum atomic E-state index is 13.3. The van der Waals surface area contributed by atoms with Crippen molar-refractivity contribution in [3.8, 4) is 11.6 Å². The molecule has 1 fully saturated rings. The molecule has 0 saturated carbocycles. The number of fused-ring (bicyclic) bond motifs is 1. The van der Waals surface area contributed by atoms with Gasteiger partial charge in [0.25, 0.3) is 5.91 Å². The van der Waals surface area contributed by atoms with Crippen LogP contribution in [0.2, 0.25) is 0 Å². The lowest BCUT2D eigenvalue weighted by atomic mass is 10.0. The van der Waals surface area contributed by atoms with Crippen LogP contribution in [0.4, 0.5) is 5.69 Å². The lowest BCUT2D eigenvalue weighted by Crippen LogP contribution is -2.49. The molecule has 1 aliphatic heterocycles. The van der Waals surface area contributed by atoms with E-state index < -0.39 is 5.97 Å². The molecule has 0 unspecified atom stereocenters. The number of nitrogens with one attached hydrogen (secondary N) is 1. The van der Waals surface area contributed by atoms with Gasteiger partial charge in [-0.1, -0.05) is 45.7 Å². The number of carbonyl (C=O) groups excluding carboxylic acids is 2. The Morgan fingerprint density at radius 1 is 1.04 bits per heavy atom. The molecule has 45 heavy (non-hydrogen) atoms. The van der Waals surface area contributed by atoms with Crippen molar-refractivity contribution < 1.29 is 23.9 Å². The zero-order valence-electron chi connectivity index (χ0n) is 27.9. The Morgan fingerprint density at radius 2 is 1.69 bits per heavy atom. The maximum absolute atomic E-state index is 13.3. The minimum absolute atomic E-state index is 0.0861. The summed E-state index contributed by atoms with van der Waals surface area (Å²) < 4.78 is 11.4. The molecule has 0 bridgehead atoms. The van der Waals surface area contributed by atoms with Crippen molar-refractivity contribution >= 4 is 28.5 Å². The topological polar surface area (TPSA) is 149 Å². The molecule has 2 heterocycles. The number of hydrazine groups is 1. The molecule has 4 rings (SSSR count). The van der Waals surface area contributed by atoms with Gasteiger partial charge in [0.2, 0.25) is 5.88 Å². The fourth-order valence-corrected chi connectivity index (χ4v) is 4.68. The molecule has 3 aromatic rings. The summed E-state index contributed by atoms with van der Waals surface area (Å²) in [4.78, 5) is 39.7. The summed E-state index contributed by atoms with van der Waals surface area (Å²) in [7, 11) is 3.79. The van der Waals surface area contributed by atoms with Crippen LogP contribution in [0.3, 0.4) is 0 Å². The van der Waals surface area contributed by atoms with E-state index in [1.165, 1.54) is 6.42 Å². The summed E-state index contributed by atoms with van der Waals surface area (Å²) >= 11 is 0. The first kappa shape index (κ1) is 37.2. The third-order valence-corrected chi connectivity index (χ3v) is 6.88. The smallest absolute Gasteiger partial charge is 0.347 e. The Labute approximate surface area is 267 Å². The third kappa shape index (κ3) is 10.3. The second-order valence-electron chi connectivity index (χ2n) is 10.2. The molecule has 0 spiro atoms. The van der Waals surface area contributed by atoms with Crippen LogP contribution in [-0.2, 0) is 4.74 Å². The number of pyridine rings is 1. The van der Waals surface area contributed by atoms with Gasteiger partial charge in [-0.3, -0.25) is 16.0 Å². The number of nitrogens with two attached hydrogens (primary N) is 2. The first-order valence-corrected chi connectivity index (χ1v) is 15.6. The van der Waals surface area contributed by atoms with Crippen LogP contribution in [0.15, 0.2) is 42.5 Å². The highest BCUT2D eigenvalue weighted by molar-refractivity contribution is 6.07. The number of piperazine rings is 1. The van der Waals surface area contributed by atoms with E-state index in [1.807, 2.05) is 58.1 Å². The normalized spacial score (nSPS) is 12.6. The number of nitrogens with zero attached hydrogens (tertiary/aromatic N) is 4. The molecule has 1 aromatic heterocycles. The highest BCUT2D eigenvalue weighted by Crippen LogP contribution is 2.37. The van der Waals surface area contributed by atoms with Gasteiger partial charge in [0, 0.05) is 50.7 Å². The molecule has 248 valence electrons. The van der Waals surface area contributed by atoms with Gasteiger partial charge in [-0.15, -0.1) is 0 Å².